The number of imidazole rings is 1. The maximum atomic E-state index is 12.6. The van der Waals surface area contributed by atoms with Gasteiger partial charge >= 0.3 is 0 Å². The number of carbonyl (C=O) groups is 2. The summed E-state index contributed by atoms with van der Waals surface area (Å²) in [5.74, 6) is -0.149. The highest BCUT2D eigenvalue weighted by Gasteiger charge is 2.26. The van der Waals surface area contributed by atoms with E-state index in [-0.39, 0.29) is 17.9 Å². The van der Waals surface area contributed by atoms with Gasteiger partial charge in [-0.05, 0) is 42.8 Å². The van der Waals surface area contributed by atoms with Crippen molar-refractivity contribution in [2.45, 2.75) is 25.8 Å². The maximum absolute atomic E-state index is 12.6. The molecule has 0 bridgehead atoms. The van der Waals surface area contributed by atoms with Gasteiger partial charge < -0.3 is 14.6 Å². The van der Waals surface area contributed by atoms with Gasteiger partial charge in [0.25, 0.3) is 11.8 Å². The number of aromatic nitrogens is 2. The predicted octanol–water partition coefficient (Wildman–Crippen LogP) is 2.74. The first kappa shape index (κ1) is 16.8. The minimum Gasteiger partial charge on any atom is -0.346 e. The number of fused-ring (bicyclic) bond motifs is 1. The average Bonchev–Trinajstić information content (AvgIpc) is 3.30. The zero-order valence-electron chi connectivity index (χ0n) is 14.5. The summed E-state index contributed by atoms with van der Waals surface area (Å²) in [4.78, 5) is 32.1. The van der Waals surface area contributed by atoms with Crippen molar-refractivity contribution in [3.05, 3.63) is 58.2 Å². The Labute approximate surface area is 155 Å². The molecule has 3 aromatic rings. The Kier molecular flexibility index (Phi) is 4.46. The monoisotopic (exact) mass is 368 g/mol. The average molecular weight is 368 g/mol. The summed E-state index contributed by atoms with van der Waals surface area (Å²) in [5.41, 5.74) is 2.26. The first-order valence-corrected chi connectivity index (χ1v) is 9.57. The molecule has 1 saturated heterocycles. The highest BCUT2D eigenvalue weighted by molar-refractivity contribution is 7.12. The van der Waals surface area contributed by atoms with E-state index < -0.39 is 0 Å². The molecule has 1 fully saturated rings. The van der Waals surface area contributed by atoms with Crippen molar-refractivity contribution in [2.75, 3.05) is 13.1 Å². The van der Waals surface area contributed by atoms with Crippen molar-refractivity contribution >= 4 is 28.8 Å². The van der Waals surface area contributed by atoms with Crippen LogP contribution >= 0.6 is 11.3 Å². The fraction of sp³-hybridized carbons (Fsp3) is 0.316. The number of rotatable bonds is 3. The lowest BCUT2D eigenvalue weighted by Gasteiger charge is -2.32. The molecule has 1 aliphatic heterocycles. The van der Waals surface area contributed by atoms with Crippen molar-refractivity contribution in [2.24, 2.45) is 0 Å². The van der Waals surface area contributed by atoms with E-state index in [9.17, 15) is 9.59 Å². The molecular weight excluding hydrogens is 348 g/mol. The van der Waals surface area contributed by atoms with E-state index in [1.807, 2.05) is 52.1 Å². The Hall–Kier alpha value is -2.67. The molecule has 0 unspecified atom stereocenters. The predicted molar refractivity (Wildman–Crippen MR) is 101 cm³/mol. The zero-order valence-corrected chi connectivity index (χ0v) is 15.3. The number of hydrogen-bond donors (Lipinski definition) is 1. The number of aryl methyl sites for hydroxylation is 1. The smallest absolute Gasteiger partial charge is 0.271 e. The Morgan fingerprint density at radius 3 is 2.96 bits per heavy atom. The van der Waals surface area contributed by atoms with Crippen LogP contribution in [0.25, 0.3) is 5.65 Å². The van der Waals surface area contributed by atoms with Crippen molar-refractivity contribution in [1.82, 2.24) is 19.6 Å². The Morgan fingerprint density at radius 2 is 2.15 bits per heavy atom. The highest BCUT2D eigenvalue weighted by Crippen LogP contribution is 2.17. The van der Waals surface area contributed by atoms with E-state index in [1.165, 1.54) is 11.3 Å². The molecule has 6 nitrogen and oxygen atoms in total. The van der Waals surface area contributed by atoms with Gasteiger partial charge in [-0.3, -0.25) is 9.59 Å². The molecule has 4 rings (SSSR count). The second-order valence-corrected chi connectivity index (χ2v) is 7.59. The van der Waals surface area contributed by atoms with E-state index in [4.69, 9.17) is 0 Å². The standard InChI is InChI=1S/C19H20N4O2S/c1-13-6-7-17-21-15(12-23(17)10-13)18(24)20-14-4-2-8-22(11-14)19(25)16-5-3-9-26-16/h3,5-7,9-10,12,14H,2,4,8,11H2,1H3,(H,20,24)/t14-/m0/s1. The number of hydrogen-bond acceptors (Lipinski definition) is 4. The van der Waals surface area contributed by atoms with Gasteiger partial charge in [-0.2, -0.15) is 0 Å². The highest BCUT2D eigenvalue weighted by atomic mass is 32.1. The third-order valence-corrected chi connectivity index (χ3v) is 5.47. The number of thiophene rings is 1. The number of likely N-dealkylation sites (tertiary alicyclic amines) is 1. The minimum absolute atomic E-state index is 0.0437. The Morgan fingerprint density at radius 1 is 1.27 bits per heavy atom. The molecule has 1 aliphatic rings. The lowest BCUT2D eigenvalue weighted by atomic mass is 10.1. The van der Waals surface area contributed by atoms with Gasteiger partial charge in [-0.15, -0.1) is 11.3 Å². The van der Waals surface area contributed by atoms with Crippen molar-refractivity contribution in [1.29, 1.82) is 0 Å². The van der Waals surface area contributed by atoms with Gasteiger partial charge in [0.15, 0.2) is 0 Å². The molecule has 0 saturated carbocycles. The van der Waals surface area contributed by atoms with E-state index in [0.29, 0.717) is 12.2 Å². The summed E-state index contributed by atoms with van der Waals surface area (Å²) in [6.45, 7) is 3.27. The van der Waals surface area contributed by atoms with Crippen LogP contribution in [0.3, 0.4) is 0 Å². The number of piperidine rings is 1. The second-order valence-electron chi connectivity index (χ2n) is 6.64. The van der Waals surface area contributed by atoms with Crippen LogP contribution in [-0.2, 0) is 0 Å². The summed E-state index contributed by atoms with van der Waals surface area (Å²) < 4.78 is 1.86. The molecule has 0 aliphatic carbocycles. The summed E-state index contributed by atoms with van der Waals surface area (Å²) in [7, 11) is 0. The normalized spacial score (nSPS) is 17.4. The summed E-state index contributed by atoms with van der Waals surface area (Å²) in [6.07, 6.45) is 5.44. The van der Waals surface area contributed by atoms with Crippen LogP contribution in [0.5, 0.6) is 0 Å². The Bertz CT molecular complexity index is 948. The fourth-order valence-corrected chi connectivity index (χ4v) is 4.00. The quantitative estimate of drug-likeness (QED) is 0.773. The van der Waals surface area contributed by atoms with E-state index in [2.05, 4.69) is 10.3 Å². The summed E-state index contributed by atoms with van der Waals surface area (Å²) in [6, 6.07) is 7.54. The summed E-state index contributed by atoms with van der Waals surface area (Å²) >= 11 is 1.45. The number of pyridine rings is 1. The second kappa shape index (κ2) is 6.92. The van der Waals surface area contributed by atoms with Crippen molar-refractivity contribution in [3.8, 4) is 0 Å². The molecule has 134 valence electrons. The molecule has 4 heterocycles. The van der Waals surface area contributed by atoms with Crippen LogP contribution in [0.2, 0.25) is 0 Å². The molecule has 2 amide bonds. The van der Waals surface area contributed by atoms with Crippen LogP contribution in [0.1, 0.15) is 38.6 Å². The maximum Gasteiger partial charge on any atom is 0.271 e. The van der Waals surface area contributed by atoms with Gasteiger partial charge in [0.2, 0.25) is 0 Å². The van der Waals surface area contributed by atoms with Crippen LogP contribution < -0.4 is 5.32 Å². The minimum atomic E-state index is -0.193. The van der Waals surface area contributed by atoms with Crippen LogP contribution in [0.15, 0.2) is 42.0 Å². The lowest BCUT2D eigenvalue weighted by Crippen LogP contribution is -2.49. The van der Waals surface area contributed by atoms with E-state index in [0.717, 1.165) is 35.5 Å². The number of carbonyl (C=O) groups excluding carboxylic acids is 2. The van der Waals surface area contributed by atoms with Gasteiger partial charge in [0.05, 0.1) is 4.88 Å². The van der Waals surface area contributed by atoms with Gasteiger partial charge in [0, 0.05) is 31.5 Å². The first-order valence-electron chi connectivity index (χ1n) is 8.69. The van der Waals surface area contributed by atoms with E-state index in [1.54, 1.807) is 6.20 Å². The third-order valence-electron chi connectivity index (χ3n) is 4.61. The molecule has 0 radical (unpaired) electrons. The van der Waals surface area contributed by atoms with E-state index >= 15 is 0 Å². The SMILES string of the molecule is Cc1ccc2nc(C(=O)N[C@H]3CCCN(C(=O)c4cccs4)C3)cn2c1. The fourth-order valence-electron chi connectivity index (χ4n) is 3.31. The third kappa shape index (κ3) is 3.35. The first-order chi connectivity index (χ1) is 12.6. The molecule has 0 spiro atoms. The molecule has 26 heavy (non-hydrogen) atoms. The van der Waals surface area contributed by atoms with Crippen molar-refractivity contribution < 1.29 is 9.59 Å². The van der Waals surface area contributed by atoms with Crippen LogP contribution in [-0.4, -0.2) is 45.2 Å². The molecular formula is C19H20N4O2S. The van der Waals surface area contributed by atoms with Gasteiger partial charge in [0.1, 0.15) is 11.3 Å². The largest absolute Gasteiger partial charge is 0.346 e. The van der Waals surface area contributed by atoms with Crippen LogP contribution in [0, 0.1) is 6.92 Å². The van der Waals surface area contributed by atoms with Gasteiger partial charge in [-0.25, -0.2) is 4.98 Å². The molecule has 3 aromatic heterocycles. The Balaban J connectivity index is 1.44. The van der Waals surface area contributed by atoms with Crippen LogP contribution in [0.4, 0.5) is 0 Å². The number of nitrogens with zero attached hydrogens (tertiary/aromatic N) is 3. The molecule has 0 aromatic carbocycles. The number of amides is 2. The number of nitrogens with one attached hydrogen (secondary N) is 1. The summed E-state index contributed by atoms with van der Waals surface area (Å²) in [5, 5.41) is 4.94. The van der Waals surface area contributed by atoms with Gasteiger partial charge in [-0.1, -0.05) is 12.1 Å². The zero-order chi connectivity index (χ0) is 18.1. The topological polar surface area (TPSA) is 66.7 Å². The molecule has 7 heteroatoms. The van der Waals surface area contributed by atoms with Crippen molar-refractivity contribution in [3.63, 3.8) is 0 Å². The lowest BCUT2D eigenvalue weighted by molar-refractivity contribution is 0.0680. The molecule has 1 N–H and O–H groups in total. The molecule has 1 atom stereocenters.